The fraction of sp³-hybridized carbons (Fsp3) is 0.500. The van der Waals surface area contributed by atoms with Crippen LogP contribution in [0.2, 0.25) is 0 Å². The fourth-order valence-electron chi connectivity index (χ4n) is 2.09. The number of aryl methyl sites for hydroxylation is 1. The van der Waals surface area contributed by atoms with E-state index in [0.29, 0.717) is 18.2 Å². The molecule has 1 aliphatic carbocycles. The van der Waals surface area contributed by atoms with E-state index >= 15 is 0 Å². The molecule has 2 N–H and O–H groups in total. The lowest BCUT2D eigenvalue weighted by Crippen LogP contribution is -2.29. The normalized spacial score (nSPS) is 15.9. The van der Waals surface area contributed by atoms with E-state index in [0.717, 1.165) is 5.92 Å². The number of hydrogen-bond donors (Lipinski definition) is 2. The smallest absolute Gasteiger partial charge is 0.337 e. The fourth-order valence-corrected chi connectivity index (χ4v) is 2.09. The first-order chi connectivity index (χ1) is 8.99. The molecular weight excluding hydrogens is 244 g/mol. The zero-order valence-electron chi connectivity index (χ0n) is 11.1. The van der Waals surface area contributed by atoms with Crippen LogP contribution in [0.1, 0.15) is 46.3 Å². The quantitative estimate of drug-likeness (QED) is 0.849. The number of pyridine rings is 1. The zero-order chi connectivity index (χ0) is 14.0. The molecule has 1 aromatic rings. The Bertz CT molecular complexity index is 509. The Morgan fingerprint density at radius 3 is 2.68 bits per heavy atom. The van der Waals surface area contributed by atoms with Crippen LogP contribution in [0.15, 0.2) is 12.1 Å². The third kappa shape index (κ3) is 3.30. The number of carbonyl (C=O) groups is 2. The van der Waals surface area contributed by atoms with Crippen LogP contribution >= 0.6 is 0 Å². The average molecular weight is 262 g/mol. The van der Waals surface area contributed by atoms with Crippen molar-refractivity contribution >= 4 is 11.9 Å². The number of nitrogens with zero attached hydrogens (tertiary/aromatic N) is 1. The van der Waals surface area contributed by atoms with Crippen molar-refractivity contribution in [1.82, 2.24) is 10.3 Å². The molecule has 0 aliphatic heterocycles. The van der Waals surface area contributed by atoms with Crippen LogP contribution in [0.3, 0.4) is 0 Å². The number of carboxylic acids is 1. The number of carboxylic acid groups (broad SMARTS) is 1. The summed E-state index contributed by atoms with van der Waals surface area (Å²) in [5, 5.41) is 11.7. The van der Waals surface area contributed by atoms with Gasteiger partial charge in [-0.3, -0.25) is 4.79 Å². The van der Waals surface area contributed by atoms with E-state index in [2.05, 4.69) is 17.2 Å². The summed E-state index contributed by atoms with van der Waals surface area (Å²) in [6.45, 7) is 4.36. The van der Waals surface area contributed by atoms with E-state index in [9.17, 15) is 9.59 Å². The number of nitrogens with one attached hydrogen (secondary N) is 1. The second-order valence-electron chi connectivity index (χ2n) is 5.16. The van der Waals surface area contributed by atoms with E-state index in [1.807, 2.05) is 0 Å². The second-order valence-corrected chi connectivity index (χ2v) is 5.16. The molecular formula is C14H18N2O3. The molecule has 102 valence electrons. The molecule has 0 saturated heterocycles. The Morgan fingerprint density at radius 1 is 1.47 bits per heavy atom. The topological polar surface area (TPSA) is 79.3 Å². The van der Waals surface area contributed by atoms with E-state index in [-0.39, 0.29) is 17.2 Å². The Balaban J connectivity index is 1.98. The molecule has 1 atom stereocenters. The summed E-state index contributed by atoms with van der Waals surface area (Å²) in [6.07, 6.45) is 2.50. The molecule has 1 unspecified atom stereocenters. The monoisotopic (exact) mass is 262 g/mol. The Morgan fingerprint density at radius 2 is 2.16 bits per heavy atom. The van der Waals surface area contributed by atoms with Gasteiger partial charge >= 0.3 is 5.97 Å². The maximum Gasteiger partial charge on any atom is 0.337 e. The van der Waals surface area contributed by atoms with Gasteiger partial charge in [0.1, 0.15) is 5.69 Å². The first-order valence-electron chi connectivity index (χ1n) is 6.48. The van der Waals surface area contributed by atoms with Crippen molar-refractivity contribution in [3.05, 3.63) is 29.1 Å². The summed E-state index contributed by atoms with van der Waals surface area (Å²) < 4.78 is 0. The summed E-state index contributed by atoms with van der Waals surface area (Å²) in [5.74, 6) is -0.0421. The number of aromatic nitrogens is 1. The maximum atomic E-state index is 11.9. The summed E-state index contributed by atoms with van der Waals surface area (Å²) in [6, 6.07) is 2.87. The molecule has 5 heteroatoms. The first kappa shape index (κ1) is 13.5. The minimum Gasteiger partial charge on any atom is -0.478 e. The number of amides is 1. The molecule has 5 nitrogen and oxygen atoms in total. The number of rotatable bonds is 5. The predicted molar refractivity (Wildman–Crippen MR) is 70.2 cm³/mol. The van der Waals surface area contributed by atoms with Crippen molar-refractivity contribution in [2.75, 3.05) is 6.54 Å². The van der Waals surface area contributed by atoms with Crippen LogP contribution in [-0.2, 0) is 0 Å². The molecule has 0 spiro atoms. The van der Waals surface area contributed by atoms with Crippen molar-refractivity contribution in [3.63, 3.8) is 0 Å². The third-order valence-electron chi connectivity index (χ3n) is 3.56. The van der Waals surface area contributed by atoms with Crippen LogP contribution in [0.25, 0.3) is 0 Å². The minimum atomic E-state index is -1.03. The number of aromatic carboxylic acids is 1. The Hall–Kier alpha value is -1.91. The van der Waals surface area contributed by atoms with Gasteiger partial charge in [-0.15, -0.1) is 0 Å². The minimum absolute atomic E-state index is 0.128. The number of hydrogen-bond acceptors (Lipinski definition) is 3. The lowest BCUT2D eigenvalue weighted by atomic mass is 10.1. The van der Waals surface area contributed by atoms with Gasteiger partial charge in [-0.1, -0.05) is 6.92 Å². The van der Waals surface area contributed by atoms with Crippen LogP contribution in [0.4, 0.5) is 0 Å². The lowest BCUT2D eigenvalue weighted by Gasteiger charge is -2.11. The summed E-state index contributed by atoms with van der Waals surface area (Å²) in [5.41, 5.74) is 0.754. The van der Waals surface area contributed by atoms with Gasteiger partial charge in [-0.25, -0.2) is 9.78 Å². The van der Waals surface area contributed by atoms with Crippen LogP contribution in [-0.4, -0.2) is 28.5 Å². The molecule has 19 heavy (non-hydrogen) atoms. The third-order valence-corrected chi connectivity index (χ3v) is 3.56. The van der Waals surface area contributed by atoms with E-state index in [1.165, 1.54) is 25.0 Å². The standard InChI is InChI=1S/C14H18N2O3/c1-8(10-3-4-10)7-15-13(17)12-6-5-11(14(18)19)9(2)16-12/h5-6,8,10H,3-4,7H2,1-2H3,(H,15,17)(H,18,19). The lowest BCUT2D eigenvalue weighted by molar-refractivity contribution is 0.0694. The highest BCUT2D eigenvalue weighted by Gasteiger charge is 2.28. The van der Waals surface area contributed by atoms with Gasteiger partial charge in [0.05, 0.1) is 11.3 Å². The molecule has 0 bridgehead atoms. The van der Waals surface area contributed by atoms with Crippen LogP contribution in [0, 0.1) is 18.8 Å². The molecule has 0 aromatic carbocycles. The SMILES string of the molecule is Cc1nc(C(=O)NCC(C)C2CC2)ccc1C(=O)O. The largest absolute Gasteiger partial charge is 0.478 e. The Kier molecular flexibility index (Phi) is 3.83. The van der Waals surface area contributed by atoms with E-state index < -0.39 is 5.97 Å². The van der Waals surface area contributed by atoms with Crippen molar-refractivity contribution < 1.29 is 14.7 Å². The number of carbonyl (C=O) groups excluding carboxylic acids is 1. The predicted octanol–water partition coefficient (Wildman–Crippen LogP) is 1.86. The van der Waals surface area contributed by atoms with Gasteiger partial charge < -0.3 is 10.4 Å². The summed E-state index contributed by atoms with van der Waals surface area (Å²) >= 11 is 0. The highest BCUT2D eigenvalue weighted by molar-refractivity contribution is 5.94. The molecule has 0 radical (unpaired) electrons. The van der Waals surface area contributed by atoms with Gasteiger partial charge in [-0.05, 0) is 43.7 Å². The van der Waals surface area contributed by atoms with Crippen molar-refractivity contribution in [2.24, 2.45) is 11.8 Å². The van der Waals surface area contributed by atoms with Crippen LogP contribution < -0.4 is 5.32 Å². The highest BCUT2D eigenvalue weighted by atomic mass is 16.4. The zero-order valence-corrected chi connectivity index (χ0v) is 11.1. The molecule has 2 rings (SSSR count). The molecule has 1 fully saturated rings. The molecule has 1 aromatic heterocycles. The van der Waals surface area contributed by atoms with Gasteiger partial charge in [0, 0.05) is 6.54 Å². The molecule has 1 amide bonds. The summed E-state index contributed by atoms with van der Waals surface area (Å²) in [7, 11) is 0. The first-order valence-corrected chi connectivity index (χ1v) is 6.48. The molecule has 1 saturated carbocycles. The van der Waals surface area contributed by atoms with Gasteiger partial charge in [-0.2, -0.15) is 0 Å². The summed E-state index contributed by atoms with van der Waals surface area (Å²) in [4.78, 5) is 26.8. The maximum absolute atomic E-state index is 11.9. The van der Waals surface area contributed by atoms with Crippen molar-refractivity contribution in [1.29, 1.82) is 0 Å². The van der Waals surface area contributed by atoms with Crippen molar-refractivity contribution in [3.8, 4) is 0 Å². The van der Waals surface area contributed by atoms with E-state index in [4.69, 9.17) is 5.11 Å². The van der Waals surface area contributed by atoms with Crippen LogP contribution in [0.5, 0.6) is 0 Å². The highest BCUT2D eigenvalue weighted by Crippen LogP contribution is 2.36. The molecule has 1 heterocycles. The van der Waals surface area contributed by atoms with E-state index in [1.54, 1.807) is 6.92 Å². The molecule has 1 aliphatic rings. The van der Waals surface area contributed by atoms with Gasteiger partial charge in [0.2, 0.25) is 0 Å². The average Bonchev–Trinajstić information content (AvgIpc) is 3.19. The van der Waals surface area contributed by atoms with Crippen molar-refractivity contribution in [2.45, 2.75) is 26.7 Å². The Labute approximate surface area is 112 Å². The van der Waals surface area contributed by atoms with Gasteiger partial charge in [0.25, 0.3) is 5.91 Å². The second kappa shape index (κ2) is 5.38. The van der Waals surface area contributed by atoms with Gasteiger partial charge in [0.15, 0.2) is 0 Å².